The quantitative estimate of drug-likeness (QED) is 0.692. The van der Waals surface area contributed by atoms with Crippen molar-refractivity contribution in [3.63, 3.8) is 0 Å². The molecule has 0 spiro atoms. The van der Waals surface area contributed by atoms with Gasteiger partial charge in [-0.1, -0.05) is 44.6 Å². The molecule has 1 heteroatoms. The molecule has 1 N–H and O–H groups in total. The van der Waals surface area contributed by atoms with Gasteiger partial charge in [-0.25, -0.2) is 0 Å². The predicted octanol–water partition coefficient (Wildman–Crippen LogP) is 5.20. The first-order chi connectivity index (χ1) is 9.95. The lowest BCUT2D eigenvalue weighted by Crippen LogP contribution is -2.38. The zero-order valence-electron chi connectivity index (χ0n) is 13.2. The van der Waals surface area contributed by atoms with Crippen molar-refractivity contribution in [2.45, 2.75) is 51.9 Å². The van der Waals surface area contributed by atoms with Crippen molar-refractivity contribution in [3.05, 3.63) is 46.5 Å². The molecule has 0 radical (unpaired) electrons. The van der Waals surface area contributed by atoms with E-state index in [0.29, 0.717) is 11.2 Å². The van der Waals surface area contributed by atoms with Crippen LogP contribution in [0, 0.1) is 11.3 Å². The van der Waals surface area contributed by atoms with Crippen LogP contribution in [-0.2, 0) is 5.41 Å². The van der Waals surface area contributed by atoms with Crippen molar-refractivity contribution in [3.8, 4) is 5.75 Å². The first kappa shape index (κ1) is 13.2. The summed E-state index contributed by atoms with van der Waals surface area (Å²) in [7, 11) is 0. The van der Waals surface area contributed by atoms with Gasteiger partial charge in [0.2, 0.25) is 0 Å². The average Bonchev–Trinajstić information content (AvgIpc) is 2.75. The molecule has 1 nitrogen and oxygen atoms in total. The van der Waals surface area contributed by atoms with Gasteiger partial charge in [-0.05, 0) is 65.8 Å². The Morgan fingerprint density at radius 3 is 2.76 bits per heavy atom. The maximum Gasteiger partial charge on any atom is 0.116 e. The van der Waals surface area contributed by atoms with Gasteiger partial charge >= 0.3 is 0 Å². The molecule has 0 heterocycles. The van der Waals surface area contributed by atoms with Crippen molar-refractivity contribution in [1.29, 1.82) is 0 Å². The van der Waals surface area contributed by atoms with Gasteiger partial charge in [0.15, 0.2) is 0 Å². The van der Waals surface area contributed by atoms with Crippen LogP contribution in [0.4, 0.5) is 0 Å². The Morgan fingerprint density at radius 2 is 1.95 bits per heavy atom. The summed E-state index contributed by atoms with van der Waals surface area (Å²) in [6, 6.07) is 5.88. The number of rotatable bonds is 0. The van der Waals surface area contributed by atoms with Crippen LogP contribution in [0.1, 0.15) is 57.6 Å². The third-order valence-electron chi connectivity index (χ3n) is 6.73. The highest BCUT2D eigenvalue weighted by Gasteiger charge is 2.49. The molecule has 0 saturated heterocycles. The van der Waals surface area contributed by atoms with E-state index in [1.807, 2.05) is 12.1 Å². The lowest BCUT2D eigenvalue weighted by molar-refractivity contribution is 0.226. The summed E-state index contributed by atoms with van der Waals surface area (Å²) in [5, 5.41) is 9.75. The molecule has 1 aromatic rings. The van der Waals surface area contributed by atoms with Crippen molar-refractivity contribution in [1.82, 2.24) is 0 Å². The minimum atomic E-state index is 0.136. The van der Waals surface area contributed by atoms with E-state index < -0.39 is 0 Å². The normalized spacial score (nSPS) is 37.2. The third kappa shape index (κ3) is 1.58. The van der Waals surface area contributed by atoms with Crippen LogP contribution < -0.4 is 0 Å². The number of hydrogen-bond acceptors (Lipinski definition) is 1. The monoisotopic (exact) mass is 280 g/mol. The summed E-state index contributed by atoms with van der Waals surface area (Å²) in [6.45, 7) is 7.30. The molecule has 1 saturated carbocycles. The summed E-state index contributed by atoms with van der Waals surface area (Å²) in [6.07, 6.45) is 9.65. The number of allylic oxidation sites excluding steroid dienone is 3. The Bertz CT molecular complexity index is 681. The zero-order chi connectivity index (χ0) is 14.8. The van der Waals surface area contributed by atoms with Gasteiger partial charge in [-0.3, -0.25) is 0 Å². The Balaban J connectivity index is 1.95. The molecular weight excluding hydrogens is 256 g/mol. The number of fused-ring (bicyclic) bond motifs is 4. The van der Waals surface area contributed by atoms with E-state index in [4.69, 9.17) is 0 Å². The number of aromatic hydroxyl groups is 1. The van der Waals surface area contributed by atoms with Gasteiger partial charge in [0.25, 0.3) is 0 Å². The Kier molecular flexibility index (Phi) is 2.53. The molecule has 3 atom stereocenters. The van der Waals surface area contributed by atoms with Gasteiger partial charge in [-0.2, -0.15) is 0 Å². The van der Waals surface area contributed by atoms with Crippen LogP contribution in [-0.4, -0.2) is 5.11 Å². The number of hydrogen-bond donors (Lipinski definition) is 1. The first-order valence-electron chi connectivity index (χ1n) is 8.21. The largest absolute Gasteiger partial charge is 0.508 e. The van der Waals surface area contributed by atoms with Crippen molar-refractivity contribution in [2.75, 3.05) is 0 Å². The Hall–Kier alpha value is -1.50. The molecule has 0 amide bonds. The lowest BCUT2D eigenvalue weighted by Gasteiger charge is -2.47. The number of phenolic OH excluding ortho intramolecular Hbond substituents is 1. The highest BCUT2D eigenvalue weighted by atomic mass is 16.3. The molecular formula is C20H24O. The van der Waals surface area contributed by atoms with Gasteiger partial charge in [-0.15, -0.1) is 0 Å². The molecule has 110 valence electrons. The minimum Gasteiger partial charge on any atom is -0.508 e. The standard InChI is InChI=1S/C20H24O/c1-13-4-7-17-18-8-5-14-12-15(21)6-9-16(14)20(18,3)11-10-19(13,17)2/h5-6,8-9,12-13,21H,4,7,10-11H2,1-3H3/t13-,19?,20+/m0/s1. The molecule has 0 bridgehead atoms. The molecule has 21 heavy (non-hydrogen) atoms. The fraction of sp³-hybridized carbons (Fsp3) is 0.500. The summed E-state index contributed by atoms with van der Waals surface area (Å²) < 4.78 is 0. The van der Waals surface area contributed by atoms with E-state index in [-0.39, 0.29) is 5.41 Å². The van der Waals surface area contributed by atoms with Gasteiger partial charge < -0.3 is 5.11 Å². The fourth-order valence-electron chi connectivity index (χ4n) is 5.01. The molecule has 0 aliphatic heterocycles. The van der Waals surface area contributed by atoms with E-state index in [2.05, 4.69) is 39.0 Å². The van der Waals surface area contributed by atoms with Crippen LogP contribution in [0.15, 0.2) is 35.4 Å². The zero-order valence-corrected chi connectivity index (χ0v) is 13.2. The molecule has 3 aliphatic carbocycles. The molecule has 1 fully saturated rings. The van der Waals surface area contributed by atoms with Gasteiger partial charge in [0.1, 0.15) is 5.75 Å². The highest BCUT2D eigenvalue weighted by Crippen LogP contribution is 2.60. The molecule has 1 aromatic carbocycles. The van der Waals surface area contributed by atoms with Gasteiger partial charge in [0.05, 0.1) is 0 Å². The molecule has 4 rings (SSSR count). The summed E-state index contributed by atoms with van der Waals surface area (Å²) in [5.41, 5.74) is 6.41. The summed E-state index contributed by atoms with van der Waals surface area (Å²) in [4.78, 5) is 0. The van der Waals surface area contributed by atoms with E-state index in [9.17, 15) is 5.11 Å². The van der Waals surface area contributed by atoms with Crippen molar-refractivity contribution < 1.29 is 5.11 Å². The second kappa shape index (κ2) is 4.03. The van der Waals surface area contributed by atoms with Crippen LogP contribution in [0.2, 0.25) is 0 Å². The maximum absolute atomic E-state index is 9.75. The van der Waals surface area contributed by atoms with E-state index in [1.165, 1.54) is 36.8 Å². The van der Waals surface area contributed by atoms with E-state index in [0.717, 1.165) is 5.92 Å². The first-order valence-corrected chi connectivity index (χ1v) is 8.21. The molecule has 3 aliphatic rings. The van der Waals surface area contributed by atoms with Crippen molar-refractivity contribution >= 4 is 6.08 Å². The summed E-state index contributed by atoms with van der Waals surface area (Å²) in [5.74, 6) is 1.17. The number of phenols is 1. The van der Waals surface area contributed by atoms with E-state index >= 15 is 0 Å². The van der Waals surface area contributed by atoms with Crippen LogP contribution in [0.25, 0.3) is 6.08 Å². The maximum atomic E-state index is 9.75. The molecule has 0 aromatic heterocycles. The highest BCUT2D eigenvalue weighted by molar-refractivity contribution is 5.69. The van der Waals surface area contributed by atoms with Crippen molar-refractivity contribution in [2.24, 2.45) is 11.3 Å². The average molecular weight is 280 g/mol. The van der Waals surface area contributed by atoms with E-state index in [1.54, 1.807) is 11.1 Å². The lowest BCUT2D eigenvalue weighted by atomic mass is 9.57. The Labute approximate surface area is 127 Å². The Morgan fingerprint density at radius 1 is 1.14 bits per heavy atom. The topological polar surface area (TPSA) is 20.2 Å². The van der Waals surface area contributed by atoms with Crippen LogP contribution in [0.3, 0.4) is 0 Å². The second-order valence-electron chi connectivity index (χ2n) is 7.69. The SMILES string of the molecule is C[C@H]1CCC2=C3C=Cc4cc(O)ccc4[C@@]3(C)CCC21C. The summed E-state index contributed by atoms with van der Waals surface area (Å²) >= 11 is 0. The smallest absolute Gasteiger partial charge is 0.116 e. The van der Waals surface area contributed by atoms with Crippen LogP contribution >= 0.6 is 0 Å². The second-order valence-corrected chi connectivity index (χ2v) is 7.69. The fourth-order valence-corrected chi connectivity index (χ4v) is 5.01. The predicted molar refractivity (Wildman–Crippen MR) is 87.3 cm³/mol. The minimum absolute atomic E-state index is 0.136. The molecule has 1 unspecified atom stereocenters. The van der Waals surface area contributed by atoms with Gasteiger partial charge in [0, 0.05) is 5.41 Å². The number of benzene rings is 1. The van der Waals surface area contributed by atoms with Crippen LogP contribution in [0.5, 0.6) is 5.75 Å². The third-order valence-corrected chi connectivity index (χ3v) is 6.73.